The molecule has 1 atom stereocenters. The molecule has 1 unspecified atom stereocenters. The van der Waals surface area contributed by atoms with Gasteiger partial charge in [-0.05, 0) is 25.2 Å². The second kappa shape index (κ2) is 6.71. The van der Waals surface area contributed by atoms with E-state index in [4.69, 9.17) is 0 Å². The number of hydrogen-bond acceptors (Lipinski definition) is 3. The Balaban J connectivity index is 2.38. The van der Waals surface area contributed by atoms with Gasteiger partial charge in [0.25, 0.3) is 0 Å². The first-order valence-electron chi connectivity index (χ1n) is 6.58. The maximum atomic E-state index is 12.0. The van der Waals surface area contributed by atoms with Gasteiger partial charge in [0.05, 0.1) is 11.4 Å². The second-order valence-corrected chi connectivity index (χ2v) is 7.48. The molecule has 0 spiro atoms. The van der Waals surface area contributed by atoms with Crippen LogP contribution in [0.2, 0.25) is 0 Å². The third-order valence-corrected chi connectivity index (χ3v) is 5.17. The first kappa shape index (κ1) is 14.9. The fraction of sp³-hybridized carbons (Fsp3) is 1.00. The van der Waals surface area contributed by atoms with Crippen LogP contribution in [-0.2, 0) is 10.0 Å². The van der Waals surface area contributed by atoms with Gasteiger partial charge in [-0.2, -0.15) is 0 Å². The molecule has 0 aliphatic heterocycles. The maximum absolute atomic E-state index is 12.0. The smallest absolute Gasteiger partial charge is 0.214 e. The van der Waals surface area contributed by atoms with Crippen molar-refractivity contribution in [2.75, 3.05) is 6.54 Å². The normalized spacial score (nSPS) is 20.7. The molecule has 2 N–H and O–H groups in total. The van der Waals surface area contributed by atoms with Gasteiger partial charge in [0.1, 0.15) is 0 Å². The molecular weight excluding hydrogens is 238 g/mol. The molecule has 0 saturated heterocycles. The lowest BCUT2D eigenvalue weighted by atomic mass is 10.0. The van der Waals surface area contributed by atoms with Crippen LogP contribution in [0, 0.1) is 5.92 Å². The van der Waals surface area contributed by atoms with Crippen molar-refractivity contribution in [3.05, 3.63) is 0 Å². The minimum Gasteiger partial charge on any atom is -0.392 e. The van der Waals surface area contributed by atoms with Crippen molar-refractivity contribution in [2.45, 2.75) is 63.7 Å². The standard InChI is InChI=1S/C12H25NO3S/c1-10(2)8-11(14)9-13-17(15,16)12-6-4-3-5-7-12/h10-14H,3-9H2,1-2H3. The van der Waals surface area contributed by atoms with Gasteiger partial charge in [0, 0.05) is 6.54 Å². The first-order valence-corrected chi connectivity index (χ1v) is 8.13. The highest BCUT2D eigenvalue weighted by Gasteiger charge is 2.27. The van der Waals surface area contributed by atoms with E-state index in [0.29, 0.717) is 12.3 Å². The van der Waals surface area contributed by atoms with E-state index in [-0.39, 0.29) is 11.8 Å². The van der Waals surface area contributed by atoms with Crippen LogP contribution in [0.15, 0.2) is 0 Å². The molecule has 0 aromatic carbocycles. The van der Waals surface area contributed by atoms with Crippen LogP contribution in [0.5, 0.6) is 0 Å². The van der Waals surface area contributed by atoms with E-state index >= 15 is 0 Å². The van der Waals surface area contributed by atoms with E-state index in [1.165, 1.54) is 0 Å². The average molecular weight is 263 g/mol. The van der Waals surface area contributed by atoms with Crippen LogP contribution >= 0.6 is 0 Å². The molecule has 0 amide bonds. The highest BCUT2D eigenvalue weighted by Crippen LogP contribution is 2.23. The minimum absolute atomic E-state index is 0.150. The zero-order chi connectivity index (χ0) is 12.9. The van der Waals surface area contributed by atoms with Crippen molar-refractivity contribution >= 4 is 10.0 Å². The van der Waals surface area contributed by atoms with E-state index < -0.39 is 16.1 Å². The molecule has 0 bridgehead atoms. The van der Waals surface area contributed by atoms with Crippen LogP contribution in [0.1, 0.15) is 52.4 Å². The van der Waals surface area contributed by atoms with E-state index in [9.17, 15) is 13.5 Å². The third kappa shape index (κ3) is 5.36. The summed E-state index contributed by atoms with van der Waals surface area (Å²) < 4.78 is 26.5. The largest absolute Gasteiger partial charge is 0.392 e. The second-order valence-electron chi connectivity index (χ2n) is 5.44. The number of nitrogens with one attached hydrogen (secondary N) is 1. The molecule has 1 fully saturated rings. The number of aliphatic hydroxyl groups is 1. The third-order valence-electron chi connectivity index (χ3n) is 3.25. The predicted molar refractivity (Wildman–Crippen MR) is 69.3 cm³/mol. The molecule has 0 aromatic heterocycles. The molecule has 1 rings (SSSR count). The van der Waals surface area contributed by atoms with E-state index in [2.05, 4.69) is 4.72 Å². The molecule has 0 radical (unpaired) electrons. The number of aliphatic hydroxyl groups excluding tert-OH is 1. The number of hydrogen-bond donors (Lipinski definition) is 2. The summed E-state index contributed by atoms with van der Waals surface area (Å²) in [6.45, 7) is 4.18. The SMILES string of the molecule is CC(C)CC(O)CNS(=O)(=O)C1CCCCC1. The summed E-state index contributed by atoms with van der Waals surface area (Å²) in [6.07, 6.45) is 4.72. The van der Waals surface area contributed by atoms with E-state index in [1.807, 2.05) is 13.8 Å². The van der Waals surface area contributed by atoms with Gasteiger partial charge in [-0.15, -0.1) is 0 Å². The zero-order valence-electron chi connectivity index (χ0n) is 10.9. The van der Waals surface area contributed by atoms with Gasteiger partial charge in [-0.25, -0.2) is 13.1 Å². The lowest BCUT2D eigenvalue weighted by Gasteiger charge is -2.23. The van der Waals surface area contributed by atoms with Crippen LogP contribution in [-0.4, -0.2) is 31.4 Å². The highest BCUT2D eigenvalue weighted by atomic mass is 32.2. The van der Waals surface area contributed by atoms with Gasteiger partial charge in [0.15, 0.2) is 0 Å². The quantitative estimate of drug-likeness (QED) is 0.765. The molecule has 1 aliphatic rings. The minimum atomic E-state index is -3.22. The van der Waals surface area contributed by atoms with Crippen molar-refractivity contribution in [2.24, 2.45) is 5.92 Å². The Kier molecular flexibility index (Phi) is 5.89. The van der Waals surface area contributed by atoms with Crippen LogP contribution in [0.3, 0.4) is 0 Å². The van der Waals surface area contributed by atoms with Gasteiger partial charge in [-0.1, -0.05) is 33.1 Å². The molecule has 5 heteroatoms. The Morgan fingerprint density at radius 1 is 1.24 bits per heavy atom. The summed E-state index contributed by atoms with van der Waals surface area (Å²) in [6, 6.07) is 0. The Morgan fingerprint density at radius 3 is 2.35 bits per heavy atom. The summed E-state index contributed by atoms with van der Waals surface area (Å²) >= 11 is 0. The summed E-state index contributed by atoms with van der Waals surface area (Å²) in [4.78, 5) is 0. The number of sulfonamides is 1. The van der Waals surface area contributed by atoms with Crippen LogP contribution in [0.4, 0.5) is 0 Å². The monoisotopic (exact) mass is 263 g/mol. The molecule has 4 nitrogen and oxygen atoms in total. The predicted octanol–water partition coefficient (Wildman–Crippen LogP) is 1.65. The number of rotatable bonds is 6. The lowest BCUT2D eigenvalue weighted by molar-refractivity contribution is 0.152. The van der Waals surface area contributed by atoms with E-state index in [0.717, 1.165) is 32.1 Å². The van der Waals surface area contributed by atoms with Crippen LogP contribution < -0.4 is 4.72 Å². The van der Waals surface area contributed by atoms with Crippen LogP contribution in [0.25, 0.3) is 0 Å². The molecule has 1 saturated carbocycles. The Labute approximate surface area is 105 Å². The fourth-order valence-electron chi connectivity index (χ4n) is 2.33. The Morgan fingerprint density at radius 2 is 1.82 bits per heavy atom. The molecule has 1 aliphatic carbocycles. The maximum Gasteiger partial charge on any atom is 0.214 e. The average Bonchev–Trinajstić information content (AvgIpc) is 2.27. The van der Waals surface area contributed by atoms with Crippen molar-refractivity contribution in [3.63, 3.8) is 0 Å². The molecular formula is C12H25NO3S. The van der Waals surface area contributed by atoms with Gasteiger partial charge < -0.3 is 5.11 Å². The summed E-state index contributed by atoms with van der Waals surface area (Å²) in [5, 5.41) is 9.41. The first-order chi connectivity index (χ1) is 7.92. The molecule has 102 valence electrons. The topological polar surface area (TPSA) is 66.4 Å². The highest BCUT2D eigenvalue weighted by molar-refractivity contribution is 7.90. The molecule has 0 heterocycles. The lowest BCUT2D eigenvalue weighted by Crippen LogP contribution is -2.39. The molecule has 17 heavy (non-hydrogen) atoms. The Hall–Kier alpha value is -0.130. The van der Waals surface area contributed by atoms with Crippen molar-refractivity contribution in [1.82, 2.24) is 4.72 Å². The Bertz CT molecular complexity index is 308. The van der Waals surface area contributed by atoms with Gasteiger partial charge >= 0.3 is 0 Å². The summed E-state index contributed by atoms with van der Waals surface area (Å²) in [5.41, 5.74) is 0. The zero-order valence-corrected chi connectivity index (χ0v) is 11.7. The summed E-state index contributed by atoms with van der Waals surface area (Å²) in [5.74, 6) is 0.379. The molecule has 0 aromatic rings. The fourth-order valence-corrected chi connectivity index (χ4v) is 3.95. The van der Waals surface area contributed by atoms with Crippen molar-refractivity contribution < 1.29 is 13.5 Å². The van der Waals surface area contributed by atoms with Crippen molar-refractivity contribution in [3.8, 4) is 0 Å². The van der Waals surface area contributed by atoms with Gasteiger partial charge in [-0.3, -0.25) is 0 Å². The van der Waals surface area contributed by atoms with E-state index in [1.54, 1.807) is 0 Å². The summed E-state index contributed by atoms with van der Waals surface area (Å²) in [7, 11) is -3.22. The van der Waals surface area contributed by atoms with Crippen molar-refractivity contribution in [1.29, 1.82) is 0 Å². The van der Waals surface area contributed by atoms with Gasteiger partial charge in [0.2, 0.25) is 10.0 Å².